The number of hydrogen-bond donors (Lipinski definition) is 1. The molecule has 0 fully saturated rings. The molecule has 2 rings (SSSR count). The van der Waals surface area contributed by atoms with Crippen LogP contribution in [0.3, 0.4) is 0 Å². The molecule has 1 aromatic heterocycles. The molecule has 0 spiro atoms. The lowest BCUT2D eigenvalue weighted by Gasteiger charge is -2.23. The molecule has 0 radical (unpaired) electrons. The van der Waals surface area contributed by atoms with E-state index in [0.717, 1.165) is 5.56 Å². The Kier molecular flexibility index (Phi) is 4.98. The van der Waals surface area contributed by atoms with Crippen LogP contribution in [0.2, 0.25) is 5.02 Å². The highest BCUT2D eigenvalue weighted by Gasteiger charge is 2.19. The number of carbonyl (C=O) groups excluding carboxylic acids is 1. The van der Waals surface area contributed by atoms with E-state index in [-0.39, 0.29) is 11.9 Å². The van der Waals surface area contributed by atoms with Crippen molar-refractivity contribution in [1.82, 2.24) is 10.1 Å². The first-order valence-corrected chi connectivity index (χ1v) is 7.02. The molecule has 1 aromatic carbocycles. The average molecular weight is 308 g/mol. The molecule has 5 nitrogen and oxygen atoms in total. The molecule has 1 amide bonds. The van der Waals surface area contributed by atoms with Gasteiger partial charge in [-0.05, 0) is 38.6 Å². The van der Waals surface area contributed by atoms with Crippen LogP contribution in [0.5, 0.6) is 0 Å². The maximum atomic E-state index is 12.2. The van der Waals surface area contributed by atoms with Crippen molar-refractivity contribution in [2.75, 3.05) is 12.4 Å². The van der Waals surface area contributed by atoms with Crippen molar-refractivity contribution >= 4 is 23.3 Å². The lowest BCUT2D eigenvalue weighted by atomic mass is 10.2. The lowest BCUT2D eigenvalue weighted by molar-refractivity contribution is -0.120. The first-order valence-electron chi connectivity index (χ1n) is 6.64. The zero-order valence-electron chi connectivity index (χ0n) is 12.3. The highest BCUT2D eigenvalue weighted by molar-refractivity contribution is 6.30. The number of anilines is 1. The summed E-state index contributed by atoms with van der Waals surface area (Å²) in [5, 5.41) is 7.17. The van der Waals surface area contributed by atoms with Gasteiger partial charge < -0.3 is 9.84 Å². The Morgan fingerprint density at radius 2 is 2.24 bits per heavy atom. The summed E-state index contributed by atoms with van der Waals surface area (Å²) in [6.45, 7) is 4.25. The number of rotatable bonds is 5. The number of nitrogens with one attached hydrogen (secondary N) is 1. The van der Waals surface area contributed by atoms with Crippen LogP contribution in [0, 0.1) is 6.92 Å². The topological polar surface area (TPSA) is 58.4 Å². The van der Waals surface area contributed by atoms with Gasteiger partial charge in [-0.3, -0.25) is 9.69 Å². The fraction of sp³-hybridized carbons (Fsp3) is 0.333. The molecule has 1 heterocycles. The second-order valence-corrected chi connectivity index (χ2v) is 5.47. The maximum absolute atomic E-state index is 12.2. The maximum Gasteiger partial charge on any atom is 0.242 e. The van der Waals surface area contributed by atoms with Crippen molar-refractivity contribution in [3.05, 3.63) is 46.7 Å². The van der Waals surface area contributed by atoms with Crippen molar-refractivity contribution in [1.29, 1.82) is 0 Å². The van der Waals surface area contributed by atoms with Crippen molar-refractivity contribution < 1.29 is 9.32 Å². The van der Waals surface area contributed by atoms with Crippen LogP contribution in [-0.4, -0.2) is 29.1 Å². The van der Waals surface area contributed by atoms with Gasteiger partial charge >= 0.3 is 0 Å². The molecule has 21 heavy (non-hydrogen) atoms. The summed E-state index contributed by atoms with van der Waals surface area (Å²) in [6.07, 6.45) is 0. The monoisotopic (exact) mass is 307 g/mol. The van der Waals surface area contributed by atoms with E-state index in [1.54, 1.807) is 13.0 Å². The summed E-state index contributed by atoms with van der Waals surface area (Å²) < 4.78 is 4.92. The molecular weight excluding hydrogens is 290 g/mol. The summed E-state index contributed by atoms with van der Waals surface area (Å²) in [6, 6.07) is 8.97. The third-order valence-corrected chi connectivity index (χ3v) is 3.48. The van der Waals surface area contributed by atoms with E-state index in [1.165, 1.54) is 0 Å². The van der Waals surface area contributed by atoms with Gasteiger partial charge in [-0.25, -0.2) is 0 Å². The van der Waals surface area contributed by atoms with Crippen LogP contribution < -0.4 is 5.32 Å². The van der Waals surface area contributed by atoms with Gasteiger partial charge in [0.2, 0.25) is 5.91 Å². The lowest BCUT2D eigenvalue weighted by Crippen LogP contribution is -2.39. The molecular formula is C15H18ClN3O2. The number of aryl methyl sites for hydroxylation is 1. The summed E-state index contributed by atoms with van der Waals surface area (Å²) >= 11 is 5.96. The van der Waals surface area contributed by atoms with E-state index in [0.29, 0.717) is 23.1 Å². The molecule has 1 unspecified atom stereocenters. The molecule has 1 N–H and O–H groups in total. The Morgan fingerprint density at radius 3 is 2.86 bits per heavy atom. The van der Waals surface area contributed by atoms with Gasteiger partial charge in [-0.1, -0.05) is 28.9 Å². The number of nitrogens with zero attached hydrogens (tertiary/aromatic N) is 2. The van der Waals surface area contributed by atoms with Crippen LogP contribution in [0.4, 0.5) is 5.82 Å². The van der Waals surface area contributed by atoms with E-state index >= 15 is 0 Å². The van der Waals surface area contributed by atoms with Gasteiger partial charge in [0.15, 0.2) is 5.82 Å². The third kappa shape index (κ3) is 4.31. The number of carbonyl (C=O) groups is 1. The van der Waals surface area contributed by atoms with E-state index < -0.39 is 0 Å². The fourth-order valence-electron chi connectivity index (χ4n) is 1.92. The normalized spacial score (nSPS) is 12.4. The first-order chi connectivity index (χ1) is 9.95. The Labute approximate surface area is 128 Å². The van der Waals surface area contributed by atoms with Crippen LogP contribution in [0.25, 0.3) is 0 Å². The largest absolute Gasteiger partial charge is 0.360 e. The number of amides is 1. The van der Waals surface area contributed by atoms with Crippen LogP contribution in [0.15, 0.2) is 34.9 Å². The van der Waals surface area contributed by atoms with Gasteiger partial charge in [0.25, 0.3) is 0 Å². The molecule has 1 atom stereocenters. The minimum atomic E-state index is -0.305. The second-order valence-electron chi connectivity index (χ2n) is 5.03. The van der Waals surface area contributed by atoms with E-state index in [1.807, 2.05) is 43.1 Å². The SMILES string of the molecule is Cc1cc(NC(=O)C(C)N(C)Cc2cccc(Cl)c2)no1. The molecule has 0 aliphatic heterocycles. The minimum absolute atomic E-state index is 0.132. The number of hydrogen-bond acceptors (Lipinski definition) is 4. The number of benzene rings is 1. The van der Waals surface area contributed by atoms with Gasteiger partial charge in [-0.2, -0.15) is 0 Å². The van der Waals surface area contributed by atoms with Crippen LogP contribution >= 0.6 is 11.6 Å². The van der Waals surface area contributed by atoms with Crippen molar-refractivity contribution in [3.63, 3.8) is 0 Å². The zero-order chi connectivity index (χ0) is 15.4. The summed E-state index contributed by atoms with van der Waals surface area (Å²) in [4.78, 5) is 14.1. The molecule has 112 valence electrons. The van der Waals surface area contributed by atoms with Crippen molar-refractivity contribution in [2.24, 2.45) is 0 Å². The third-order valence-electron chi connectivity index (χ3n) is 3.24. The summed E-state index contributed by atoms with van der Waals surface area (Å²) in [5.74, 6) is 0.957. The summed E-state index contributed by atoms with van der Waals surface area (Å²) in [7, 11) is 1.89. The second kappa shape index (κ2) is 6.74. The van der Waals surface area contributed by atoms with Gasteiger partial charge in [0, 0.05) is 17.6 Å². The first kappa shape index (κ1) is 15.5. The quantitative estimate of drug-likeness (QED) is 0.922. The Bertz CT molecular complexity index is 627. The standard InChI is InChI=1S/C15H18ClN3O2/c1-10-7-14(18-21-10)17-15(20)11(2)19(3)9-12-5-4-6-13(16)8-12/h4-8,11H,9H2,1-3H3,(H,17,18,20). The minimum Gasteiger partial charge on any atom is -0.360 e. The number of halogens is 1. The van der Waals surface area contributed by atoms with E-state index in [9.17, 15) is 4.79 Å². The number of aromatic nitrogens is 1. The molecule has 6 heteroatoms. The highest BCUT2D eigenvalue weighted by atomic mass is 35.5. The van der Waals surface area contributed by atoms with Crippen LogP contribution in [-0.2, 0) is 11.3 Å². The van der Waals surface area contributed by atoms with Crippen molar-refractivity contribution in [2.45, 2.75) is 26.4 Å². The molecule has 0 saturated heterocycles. The van der Waals surface area contributed by atoms with Gasteiger partial charge in [0.1, 0.15) is 5.76 Å². The van der Waals surface area contributed by atoms with Crippen LogP contribution in [0.1, 0.15) is 18.2 Å². The Balaban J connectivity index is 1.95. The smallest absolute Gasteiger partial charge is 0.242 e. The molecule has 0 bridgehead atoms. The highest BCUT2D eigenvalue weighted by Crippen LogP contribution is 2.14. The predicted molar refractivity (Wildman–Crippen MR) is 82.3 cm³/mol. The van der Waals surface area contributed by atoms with E-state index in [2.05, 4.69) is 10.5 Å². The fourth-order valence-corrected chi connectivity index (χ4v) is 2.13. The van der Waals surface area contributed by atoms with Crippen molar-refractivity contribution in [3.8, 4) is 0 Å². The molecule has 2 aromatic rings. The van der Waals surface area contributed by atoms with Gasteiger partial charge in [-0.15, -0.1) is 0 Å². The summed E-state index contributed by atoms with van der Waals surface area (Å²) in [5.41, 5.74) is 1.06. The predicted octanol–water partition coefficient (Wildman–Crippen LogP) is 3.10. The van der Waals surface area contributed by atoms with Gasteiger partial charge in [0.05, 0.1) is 6.04 Å². The molecule has 0 aliphatic rings. The Morgan fingerprint density at radius 1 is 1.48 bits per heavy atom. The molecule has 0 saturated carbocycles. The average Bonchev–Trinajstić information content (AvgIpc) is 2.83. The Hall–Kier alpha value is -1.85. The van der Waals surface area contributed by atoms with E-state index in [4.69, 9.17) is 16.1 Å². The number of likely N-dealkylation sites (N-methyl/N-ethyl adjacent to an activating group) is 1. The molecule has 0 aliphatic carbocycles. The zero-order valence-corrected chi connectivity index (χ0v) is 13.0.